The van der Waals surface area contributed by atoms with Crippen LogP contribution in [0.1, 0.15) is 30.1 Å². The van der Waals surface area contributed by atoms with Crippen LogP contribution in [0.25, 0.3) is 0 Å². The third-order valence-electron chi connectivity index (χ3n) is 5.00. The van der Waals surface area contributed by atoms with Crippen molar-refractivity contribution in [3.63, 3.8) is 0 Å². The second-order valence-corrected chi connectivity index (χ2v) is 7.70. The Bertz CT molecular complexity index is 881. The van der Waals surface area contributed by atoms with Gasteiger partial charge in [-0.25, -0.2) is 4.79 Å². The van der Waals surface area contributed by atoms with Crippen LogP contribution in [0.2, 0.25) is 5.02 Å². The molecule has 0 spiro atoms. The zero-order valence-electron chi connectivity index (χ0n) is 16.7. The molecule has 30 heavy (non-hydrogen) atoms. The Balaban J connectivity index is 1.42. The van der Waals surface area contributed by atoms with Crippen molar-refractivity contribution in [3.8, 4) is 0 Å². The van der Waals surface area contributed by atoms with E-state index in [4.69, 9.17) is 11.6 Å². The summed E-state index contributed by atoms with van der Waals surface area (Å²) in [5.41, 5.74) is 1.19. The number of rotatable bonds is 5. The number of halogens is 1. The zero-order valence-corrected chi connectivity index (χ0v) is 17.5. The quantitative estimate of drug-likeness (QED) is 0.682. The lowest BCUT2D eigenvalue weighted by Gasteiger charge is -2.33. The normalized spacial score (nSPS) is 15.2. The number of hydrogen-bond donors (Lipinski definition) is 3. The third kappa shape index (κ3) is 5.97. The molecule has 0 aliphatic carbocycles. The second-order valence-electron chi connectivity index (χ2n) is 7.27. The van der Waals surface area contributed by atoms with Crippen molar-refractivity contribution in [2.45, 2.75) is 31.8 Å². The minimum atomic E-state index is -0.674. The Kier molecular flexibility index (Phi) is 7.30. The standard InChI is InChI=1S/C22H25ClN4O3/c1-15(24-21(29)16-7-9-17(23)10-8-16)20(28)25-19-11-13-27(14-12-19)22(30)26-18-5-3-2-4-6-18/h2-10,15,19H,11-14H2,1H3,(H,24,29)(H,25,28)(H,26,30)/t15-/m0/s1. The molecule has 1 aliphatic rings. The predicted octanol–water partition coefficient (Wildman–Crippen LogP) is 3.27. The Morgan fingerprint density at radius 2 is 1.63 bits per heavy atom. The van der Waals surface area contributed by atoms with Crippen LogP contribution in [0.15, 0.2) is 54.6 Å². The first-order valence-electron chi connectivity index (χ1n) is 9.90. The molecule has 4 amide bonds. The first kappa shape index (κ1) is 21.6. The molecule has 7 nitrogen and oxygen atoms in total. The monoisotopic (exact) mass is 428 g/mol. The van der Waals surface area contributed by atoms with Crippen LogP contribution in [0, 0.1) is 0 Å². The van der Waals surface area contributed by atoms with E-state index in [0.717, 1.165) is 5.69 Å². The van der Waals surface area contributed by atoms with Gasteiger partial charge in [0, 0.05) is 35.4 Å². The number of urea groups is 1. The number of nitrogens with zero attached hydrogens (tertiary/aromatic N) is 1. The van der Waals surface area contributed by atoms with Gasteiger partial charge in [0.1, 0.15) is 6.04 Å². The average molecular weight is 429 g/mol. The molecular formula is C22H25ClN4O3. The van der Waals surface area contributed by atoms with Gasteiger partial charge in [-0.3, -0.25) is 9.59 Å². The summed E-state index contributed by atoms with van der Waals surface area (Å²) in [7, 11) is 0. The van der Waals surface area contributed by atoms with Gasteiger partial charge in [-0.2, -0.15) is 0 Å². The van der Waals surface area contributed by atoms with E-state index in [0.29, 0.717) is 36.5 Å². The smallest absolute Gasteiger partial charge is 0.321 e. The van der Waals surface area contributed by atoms with Crippen LogP contribution < -0.4 is 16.0 Å². The summed E-state index contributed by atoms with van der Waals surface area (Å²) in [6.07, 6.45) is 1.32. The number of benzene rings is 2. The first-order valence-corrected chi connectivity index (χ1v) is 10.3. The average Bonchev–Trinajstić information content (AvgIpc) is 2.75. The van der Waals surface area contributed by atoms with Crippen LogP contribution in [0.4, 0.5) is 10.5 Å². The van der Waals surface area contributed by atoms with Crippen molar-refractivity contribution < 1.29 is 14.4 Å². The number of hydrogen-bond acceptors (Lipinski definition) is 3. The van der Waals surface area contributed by atoms with E-state index in [9.17, 15) is 14.4 Å². The maximum atomic E-state index is 12.4. The van der Waals surface area contributed by atoms with Gasteiger partial charge in [0.2, 0.25) is 5.91 Å². The van der Waals surface area contributed by atoms with Gasteiger partial charge in [0.15, 0.2) is 0 Å². The summed E-state index contributed by atoms with van der Waals surface area (Å²) in [4.78, 5) is 38.8. The number of anilines is 1. The van der Waals surface area contributed by atoms with E-state index in [1.807, 2.05) is 30.3 Å². The summed E-state index contributed by atoms with van der Waals surface area (Å²) in [6, 6.07) is 14.9. The highest BCUT2D eigenvalue weighted by atomic mass is 35.5. The van der Waals surface area contributed by atoms with Crippen LogP contribution >= 0.6 is 11.6 Å². The summed E-state index contributed by atoms with van der Waals surface area (Å²) in [5, 5.41) is 9.06. The van der Waals surface area contributed by atoms with Gasteiger partial charge in [0.05, 0.1) is 0 Å². The molecule has 3 N–H and O–H groups in total. The van der Waals surface area contributed by atoms with Gasteiger partial charge in [-0.15, -0.1) is 0 Å². The zero-order chi connectivity index (χ0) is 21.5. The number of carbonyl (C=O) groups excluding carboxylic acids is 3. The molecule has 158 valence electrons. The molecule has 3 rings (SSSR count). The van der Waals surface area contributed by atoms with Crippen LogP contribution in [0.3, 0.4) is 0 Å². The van der Waals surface area contributed by atoms with Gasteiger partial charge >= 0.3 is 6.03 Å². The molecule has 8 heteroatoms. The van der Waals surface area contributed by atoms with Crippen molar-refractivity contribution in [2.75, 3.05) is 18.4 Å². The number of carbonyl (C=O) groups is 3. The topological polar surface area (TPSA) is 90.5 Å². The Labute approximate surface area is 180 Å². The fourth-order valence-corrected chi connectivity index (χ4v) is 3.35. The van der Waals surface area contributed by atoms with E-state index in [1.165, 1.54) is 0 Å². The molecule has 1 heterocycles. The Morgan fingerprint density at radius 1 is 1.00 bits per heavy atom. The lowest BCUT2D eigenvalue weighted by molar-refractivity contribution is -0.123. The predicted molar refractivity (Wildman–Crippen MR) is 117 cm³/mol. The first-order chi connectivity index (χ1) is 14.4. The highest BCUT2D eigenvalue weighted by molar-refractivity contribution is 6.30. The fraction of sp³-hybridized carbons (Fsp3) is 0.318. The van der Waals surface area contributed by atoms with E-state index >= 15 is 0 Å². The van der Waals surface area contributed by atoms with Crippen molar-refractivity contribution >= 4 is 35.1 Å². The molecule has 0 radical (unpaired) electrons. The van der Waals surface area contributed by atoms with Crippen LogP contribution in [-0.2, 0) is 4.79 Å². The molecule has 2 aromatic carbocycles. The van der Waals surface area contributed by atoms with Crippen LogP contribution in [0.5, 0.6) is 0 Å². The Morgan fingerprint density at radius 3 is 2.27 bits per heavy atom. The Hall–Kier alpha value is -3.06. The van der Waals surface area contributed by atoms with Crippen molar-refractivity contribution in [3.05, 3.63) is 65.2 Å². The van der Waals surface area contributed by atoms with Crippen molar-refractivity contribution in [2.24, 2.45) is 0 Å². The van der Waals surface area contributed by atoms with Crippen molar-refractivity contribution in [1.82, 2.24) is 15.5 Å². The van der Waals surface area contributed by atoms with Gasteiger partial charge < -0.3 is 20.9 Å². The maximum absolute atomic E-state index is 12.4. The van der Waals surface area contributed by atoms with E-state index in [-0.39, 0.29) is 23.9 Å². The molecule has 2 aromatic rings. The summed E-state index contributed by atoms with van der Waals surface area (Å²) >= 11 is 5.83. The third-order valence-corrected chi connectivity index (χ3v) is 5.25. The summed E-state index contributed by atoms with van der Waals surface area (Å²) < 4.78 is 0. The number of piperidine rings is 1. The molecule has 0 unspecified atom stereocenters. The highest BCUT2D eigenvalue weighted by Gasteiger charge is 2.26. The molecule has 0 aromatic heterocycles. The molecule has 1 aliphatic heterocycles. The molecule has 1 saturated heterocycles. The minimum Gasteiger partial charge on any atom is -0.351 e. The number of likely N-dealkylation sites (tertiary alicyclic amines) is 1. The molecule has 1 fully saturated rings. The second kappa shape index (κ2) is 10.1. The molecule has 0 bridgehead atoms. The lowest BCUT2D eigenvalue weighted by atomic mass is 10.0. The van der Waals surface area contributed by atoms with E-state index < -0.39 is 6.04 Å². The fourth-order valence-electron chi connectivity index (χ4n) is 3.22. The number of nitrogens with one attached hydrogen (secondary N) is 3. The van der Waals surface area contributed by atoms with Gasteiger partial charge in [-0.1, -0.05) is 29.8 Å². The van der Waals surface area contributed by atoms with Gasteiger partial charge in [0.25, 0.3) is 5.91 Å². The number of para-hydroxylation sites is 1. The van der Waals surface area contributed by atoms with E-state index in [1.54, 1.807) is 36.1 Å². The number of amides is 4. The molecule has 1 atom stereocenters. The minimum absolute atomic E-state index is 0.0341. The largest absolute Gasteiger partial charge is 0.351 e. The molecular weight excluding hydrogens is 404 g/mol. The van der Waals surface area contributed by atoms with Crippen molar-refractivity contribution in [1.29, 1.82) is 0 Å². The highest BCUT2D eigenvalue weighted by Crippen LogP contribution is 2.14. The van der Waals surface area contributed by atoms with E-state index in [2.05, 4.69) is 16.0 Å². The lowest BCUT2D eigenvalue weighted by Crippen LogP contribution is -2.52. The van der Waals surface area contributed by atoms with Gasteiger partial charge in [-0.05, 0) is 56.2 Å². The van der Waals surface area contributed by atoms with Crippen LogP contribution in [-0.4, -0.2) is 47.9 Å². The molecule has 0 saturated carbocycles. The summed E-state index contributed by atoms with van der Waals surface area (Å²) in [5.74, 6) is -0.578. The SMILES string of the molecule is C[C@H](NC(=O)c1ccc(Cl)cc1)C(=O)NC1CCN(C(=O)Nc2ccccc2)CC1. The summed E-state index contributed by atoms with van der Waals surface area (Å²) in [6.45, 7) is 2.75. The maximum Gasteiger partial charge on any atom is 0.321 e.